The molecule has 6 heteroatoms. The molecule has 1 unspecified atom stereocenters. The van der Waals surface area contributed by atoms with Crippen LogP contribution in [0.1, 0.15) is 28.9 Å². The van der Waals surface area contributed by atoms with Gasteiger partial charge >= 0.3 is 0 Å². The summed E-state index contributed by atoms with van der Waals surface area (Å²) in [6.45, 7) is 1.78. The topological polar surface area (TPSA) is 51.2 Å². The molecule has 0 aliphatic rings. The standard InChI is InChI=1S/C15H14BrFN2O2/c1-9(10-3-4-14(21-2)13(17)6-10)19-15(20)11-5-12(16)8-18-7-11/h3-9H,1-2H3,(H,19,20). The maximum absolute atomic E-state index is 13.7. The Hall–Kier alpha value is -1.95. The molecule has 4 nitrogen and oxygen atoms in total. The Morgan fingerprint density at radius 3 is 2.76 bits per heavy atom. The van der Waals surface area contributed by atoms with Crippen molar-refractivity contribution in [3.63, 3.8) is 0 Å². The van der Waals surface area contributed by atoms with Gasteiger partial charge in [0.2, 0.25) is 0 Å². The highest BCUT2D eigenvalue weighted by molar-refractivity contribution is 9.10. The fourth-order valence-corrected chi connectivity index (χ4v) is 2.22. The number of hydrogen-bond donors (Lipinski definition) is 1. The highest BCUT2D eigenvalue weighted by Crippen LogP contribution is 2.22. The van der Waals surface area contributed by atoms with Crippen molar-refractivity contribution < 1.29 is 13.9 Å². The number of rotatable bonds is 4. The molecular formula is C15H14BrFN2O2. The number of ether oxygens (including phenoxy) is 1. The summed E-state index contributed by atoms with van der Waals surface area (Å²) in [7, 11) is 1.41. The first-order valence-electron chi connectivity index (χ1n) is 6.26. The summed E-state index contributed by atoms with van der Waals surface area (Å²) in [5.74, 6) is -0.554. The predicted molar refractivity (Wildman–Crippen MR) is 80.8 cm³/mol. The number of methoxy groups -OCH3 is 1. The van der Waals surface area contributed by atoms with Gasteiger partial charge in [-0.25, -0.2) is 4.39 Å². The third-order valence-electron chi connectivity index (χ3n) is 2.99. The quantitative estimate of drug-likeness (QED) is 0.916. The first-order chi connectivity index (χ1) is 10.0. The Morgan fingerprint density at radius 1 is 1.38 bits per heavy atom. The third kappa shape index (κ3) is 3.78. The minimum absolute atomic E-state index is 0.175. The molecule has 1 N–H and O–H groups in total. The Balaban J connectivity index is 2.12. The third-order valence-corrected chi connectivity index (χ3v) is 3.42. The molecule has 0 saturated carbocycles. The normalized spacial score (nSPS) is 11.8. The van der Waals surface area contributed by atoms with Crippen LogP contribution in [-0.2, 0) is 0 Å². The van der Waals surface area contributed by atoms with E-state index in [1.54, 1.807) is 25.3 Å². The maximum atomic E-state index is 13.7. The molecule has 0 aliphatic carbocycles. The average Bonchev–Trinajstić information content (AvgIpc) is 2.47. The van der Waals surface area contributed by atoms with E-state index in [2.05, 4.69) is 26.2 Å². The van der Waals surface area contributed by atoms with E-state index in [0.29, 0.717) is 11.1 Å². The van der Waals surface area contributed by atoms with Gasteiger partial charge in [-0.15, -0.1) is 0 Å². The van der Waals surface area contributed by atoms with E-state index in [9.17, 15) is 9.18 Å². The van der Waals surface area contributed by atoms with Crippen LogP contribution in [0, 0.1) is 5.82 Å². The van der Waals surface area contributed by atoms with E-state index >= 15 is 0 Å². The Bertz CT molecular complexity index is 664. The summed E-state index contributed by atoms with van der Waals surface area (Å²) >= 11 is 3.26. The van der Waals surface area contributed by atoms with Crippen molar-refractivity contribution in [1.82, 2.24) is 10.3 Å². The van der Waals surface area contributed by atoms with Crippen molar-refractivity contribution in [1.29, 1.82) is 0 Å². The monoisotopic (exact) mass is 352 g/mol. The Kier molecular flexibility index (Phi) is 4.90. The van der Waals surface area contributed by atoms with Crippen LogP contribution in [0.4, 0.5) is 4.39 Å². The van der Waals surface area contributed by atoms with Gasteiger partial charge < -0.3 is 10.1 Å². The Labute approximate surface area is 130 Å². The van der Waals surface area contributed by atoms with Gasteiger partial charge in [0.1, 0.15) is 0 Å². The van der Waals surface area contributed by atoms with Crippen molar-refractivity contribution >= 4 is 21.8 Å². The van der Waals surface area contributed by atoms with Crippen molar-refractivity contribution in [2.24, 2.45) is 0 Å². The smallest absolute Gasteiger partial charge is 0.253 e. The average molecular weight is 353 g/mol. The minimum Gasteiger partial charge on any atom is -0.494 e. The van der Waals surface area contributed by atoms with E-state index in [1.807, 2.05) is 0 Å². The lowest BCUT2D eigenvalue weighted by Gasteiger charge is -2.15. The summed E-state index contributed by atoms with van der Waals surface area (Å²) in [6.07, 6.45) is 3.07. The molecule has 1 aromatic carbocycles. The van der Waals surface area contributed by atoms with Gasteiger partial charge in [0.15, 0.2) is 11.6 Å². The number of hydrogen-bond acceptors (Lipinski definition) is 3. The number of carbonyl (C=O) groups is 1. The first-order valence-corrected chi connectivity index (χ1v) is 7.05. The molecule has 0 radical (unpaired) electrons. The van der Waals surface area contributed by atoms with Crippen LogP contribution in [0.5, 0.6) is 5.75 Å². The molecule has 0 fully saturated rings. The lowest BCUT2D eigenvalue weighted by Crippen LogP contribution is -2.26. The second-order valence-electron chi connectivity index (χ2n) is 4.48. The zero-order chi connectivity index (χ0) is 15.4. The maximum Gasteiger partial charge on any atom is 0.253 e. The number of amides is 1. The van der Waals surface area contributed by atoms with E-state index < -0.39 is 5.82 Å². The molecule has 0 spiro atoms. The zero-order valence-electron chi connectivity index (χ0n) is 11.6. The van der Waals surface area contributed by atoms with E-state index in [4.69, 9.17) is 4.74 Å². The van der Waals surface area contributed by atoms with Crippen molar-refractivity contribution in [3.8, 4) is 5.75 Å². The van der Waals surface area contributed by atoms with Crippen molar-refractivity contribution in [2.45, 2.75) is 13.0 Å². The summed E-state index contributed by atoms with van der Waals surface area (Å²) in [6, 6.07) is 5.93. The highest BCUT2D eigenvalue weighted by Gasteiger charge is 2.14. The van der Waals surface area contributed by atoms with Gasteiger partial charge in [-0.1, -0.05) is 6.07 Å². The minimum atomic E-state index is -0.458. The van der Waals surface area contributed by atoms with Crippen LogP contribution in [0.3, 0.4) is 0 Å². The predicted octanol–water partition coefficient (Wildman–Crippen LogP) is 3.48. The molecule has 2 rings (SSSR count). The molecule has 1 heterocycles. The van der Waals surface area contributed by atoms with Gasteiger partial charge in [-0.2, -0.15) is 0 Å². The fraction of sp³-hybridized carbons (Fsp3) is 0.200. The molecule has 0 bridgehead atoms. The zero-order valence-corrected chi connectivity index (χ0v) is 13.1. The summed E-state index contributed by atoms with van der Waals surface area (Å²) in [5.41, 5.74) is 1.09. The second kappa shape index (κ2) is 6.67. The SMILES string of the molecule is COc1ccc(C(C)NC(=O)c2cncc(Br)c2)cc1F. The van der Waals surface area contributed by atoms with Gasteiger partial charge in [0.25, 0.3) is 5.91 Å². The highest BCUT2D eigenvalue weighted by atomic mass is 79.9. The lowest BCUT2D eigenvalue weighted by atomic mass is 10.1. The summed E-state index contributed by atoms with van der Waals surface area (Å²) < 4.78 is 19.3. The number of halogens is 2. The second-order valence-corrected chi connectivity index (χ2v) is 5.40. The molecule has 110 valence electrons. The van der Waals surface area contributed by atoms with Gasteiger partial charge in [0, 0.05) is 16.9 Å². The summed E-state index contributed by atoms with van der Waals surface area (Å²) in [5, 5.41) is 2.80. The molecule has 2 aromatic rings. The van der Waals surface area contributed by atoms with E-state index in [-0.39, 0.29) is 17.7 Å². The van der Waals surface area contributed by atoms with Crippen LogP contribution in [0.15, 0.2) is 41.1 Å². The lowest BCUT2D eigenvalue weighted by molar-refractivity contribution is 0.0939. The number of pyridine rings is 1. The van der Waals surface area contributed by atoms with Crippen LogP contribution < -0.4 is 10.1 Å². The molecule has 21 heavy (non-hydrogen) atoms. The summed E-state index contributed by atoms with van der Waals surface area (Å²) in [4.78, 5) is 16.0. The number of nitrogens with one attached hydrogen (secondary N) is 1. The van der Waals surface area contributed by atoms with Gasteiger partial charge in [-0.05, 0) is 46.6 Å². The van der Waals surface area contributed by atoms with E-state index in [1.165, 1.54) is 25.4 Å². The van der Waals surface area contributed by atoms with Crippen LogP contribution in [0.2, 0.25) is 0 Å². The van der Waals surface area contributed by atoms with Crippen LogP contribution in [-0.4, -0.2) is 18.0 Å². The molecule has 1 amide bonds. The molecule has 1 aromatic heterocycles. The number of benzene rings is 1. The first kappa shape index (κ1) is 15.4. The van der Waals surface area contributed by atoms with Crippen molar-refractivity contribution in [3.05, 3.63) is 58.1 Å². The van der Waals surface area contributed by atoms with E-state index in [0.717, 1.165) is 4.47 Å². The Morgan fingerprint density at radius 2 is 2.14 bits per heavy atom. The van der Waals surface area contributed by atoms with Gasteiger partial charge in [-0.3, -0.25) is 9.78 Å². The van der Waals surface area contributed by atoms with Crippen LogP contribution >= 0.6 is 15.9 Å². The number of aromatic nitrogens is 1. The van der Waals surface area contributed by atoms with Crippen LogP contribution in [0.25, 0.3) is 0 Å². The number of nitrogens with zero attached hydrogens (tertiary/aromatic N) is 1. The molecule has 0 saturated heterocycles. The number of carbonyl (C=O) groups excluding carboxylic acids is 1. The fourth-order valence-electron chi connectivity index (χ4n) is 1.85. The van der Waals surface area contributed by atoms with Crippen molar-refractivity contribution in [2.75, 3.05) is 7.11 Å². The molecule has 1 atom stereocenters. The molecule has 0 aliphatic heterocycles. The largest absolute Gasteiger partial charge is 0.494 e. The van der Waals surface area contributed by atoms with Gasteiger partial charge in [0.05, 0.1) is 18.7 Å². The molecular weight excluding hydrogens is 339 g/mol.